The summed E-state index contributed by atoms with van der Waals surface area (Å²) in [6, 6.07) is 0. The molecule has 0 amide bonds. The van der Waals surface area contributed by atoms with E-state index in [9.17, 15) is 0 Å². The van der Waals surface area contributed by atoms with Crippen LogP contribution in [0, 0.1) is 0 Å². The van der Waals surface area contributed by atoms with Crippen LogP contribution in [0.5, 0.6) is 0 Å². The van der Waals surface area contributed by atoms with Gasteiger partial charge in [-0.05, 0) is 0 Å². The van der Waals surface area contributed by atoms with Crippen molar-refractivity contribution in [3.8, 4) is 0 Å². The second kappa shape index (κ2) is 20.1. The summed E-state index contributed by atoms with van der Waals surface area (Å²) in [6.07, 6.45) is 7.08. The van der Waals surface area contributed by atoms with Gasteiger partial charge in [-0.15, -0.1) is 0 Å². The molecule has 0 saturated heterocycles. The average molecular weight is 509 g/mol. The van der Waals surface area contributed by atoms with E-state index in [1.54, 1.807) is 0 Å². The van der Waals surface area contributed by atoms with Gasteiger partial charge in [-0.1, -0.05) is 52.4 Å². The van der Waals surface area contributed by atoms with Gasteiger partial charge in [0.25, 0.3) is 0 Å². The number of nitrogens with one attached hydrogen (secondary N) is 2. The molecule has 0 fully saturated rings. The third-order valence-corrected chi connectivity index (χ3v) is 1.56. The fourth-order valence-electron chi connectivity index (χ4n) is 0.750. The van der Waals surface area contributed by atoms with Crippen LogP contribution < -0.4 is 0 Å². The molecule has 0 spiro atoms. The summed E-state index contributed by atoms with van der Waals surface area (Å²) in [5.74, 6) is 0. The van der Waals surface area contributed by atoms with E-state index in [0.29, 0.717) is 13.1 Å². The van der Waals surface area contributed by atoms with Gasteiger partial charge >= 0.3 is 49.6 Å². The predicted molar refractivity (Wildman–Crippen MR) is 80.8 cm³/mol. The van der Waals surface area contributed by atoms with E-state index in [1.165, 1.54) is 25.7 Å². The second-order valence-corrected chi connectivity index (χ2v) is 22.9. The molecule has 0 aromatic rings. The van der Waals surface area contributed by atoms with Crippen molar-refractivity contribution in [2.75, 3.05) is 13.1 Å². The van der Waals surface area contributed by atoms with Crippen molar-refractivity contribution in [2.45, 2.75) is 52.4 Å². The van der Waals surface area contributed by atoms with E-state index in [0.717, 1.165) is 12.8 Å². The Morgan fingerprint density at radius 3 is 1.00 bits per heavy atom. The summed E-state index contributed by atoms with van der Waals surface area (Å²) in [6.45, 7) is 5.51. The maximum absolute atomic E-state index is 6.71. The third kappa shape index (κ3) is 73.2. The van der Waals surface area contributed by atoms with E-state index >= 15 is 0 Å². The van der Waals surface area contributed by atoms with Crippen LogP contribution >= 0.6 is 37.7 Å². The van der Waals surface area contributed by atoms with Gasteiger partial charge < -0.3 is 11.5 Å². The zero-order chi connectivity index (χ0) is 14.2. The molecule has 0 heterocycles. The molecule has 0 rings (SSSR count). The first-order chi connectivity index (χ1) is 7.83. The van der Waals surface area contributed by atoms with E-state index in [1.807, 2.05) is 0 Å². The summed E-state index contributed by atoms with van der Waals surface area (Å²) in [4.78, 5) is 0. The first kappa shape index (κ1) is 23.8. The number of hydrogen-bond acceptors (Lipinski definition) is 0. The Morgan fingerprint density at radius 1 is 0.706 bits per heavy atom. The molecule has 0 aromatic carbocycles. The van der Waals surface area contributed by atoms with Gasteiger partial charge in [-0.25, -0.2) is 0 Å². The molecule has 0 bridgehead atoms. The second-order valence-electron chi connectivity index (χ2n) is 3.19. The molecule has 0 atom stereocenters. The Labute approximate surface area is 126 Å². The van der Waals surface area contributed by atoms with Crippen LogP contribution in [0.25, 0.3) is 11.5 Å². The quantitative estimate of drug-likeness (QED) is 0.340. The molecule has 0 radical (unpaired) electrons. The molecule has 0 aliphatic rings. The van der Waals surface area contributed by atoms with Gasteiger partial charge in [-0.2, -0.15) is 13.1 Å². The van der Waals surface area contributed by atoms with Crippen molar-refractivity contribution in [1.82, 2.24) is 0 Å². The van der Waals surface area contributed by atoms with E-state index in [-0.39, 0.29) is 0 Å². The maximum atomic E-state index is 6.71. The van der Waals surface area contributed by atoms with Crippen LogP contribution in [0.1, 0.15) is 52.4 Å². The van der Waals surface area contributed by atoms with Gasteiger partial charge in [0.2, 0.25) is 0 Å². The van der Waals surface area contributed by atoms with Crippen LogP contribution in [0.2, 0.25) is 0 Å². The Morgan fingerprint density at radius 2 is 0.941 bits per heavy atom. The van der Waals surface area contributed by atoms with Crippen LogP contribution in [-0.4, -0.2) is 13.1 Å². The SMILES string of the molecule is CCCCC[NH-].CCCCC[NH-].[Cl][Pt]([Cl])([Cl])[Cl]. The van der Waals surface area contributed by atoms with Crippen molar-refractivity contribution < 1.29 is 11.9 Å². The Hall–Kier alpha value is 1.77. The molecular weight excluding hydrogens is 485 g/mol. The van der Waals surface area contributed by atoms with Gasteiger partial charge in [0.05, 0.1) is 0 Å². The van der Waals surface area contributed by atoms with Crippen molar-refractivity contribution in [3.63, 3.8) is 0 Å². The Kier molecular flexibility index (Phi) is 28.2. The zero-order valence-electron chi connectivity index (χ0n) is 10.5. The molecule has 7 heteroatoms. The van der Waals surface area contributed by atoms with E-state index in [2.05, 4.69) is 13.8 Å². The fraction of sp³-hybridized carbons (Fsp3) is 1.00. The normalized spacial score (nSPS) is 10.8. The van der Waals surface area contributed by atoms with Crippen LogP contribution in [-0.2, 0) is 11.9 Å². The summed E-state index contributed by atoms with van der Waals surface area (Å²) >= 11 is -3.06. The number of halogens is 4. The van der Waals surface area contributed by atoms with Gasteiger partial charge in [0.1, 0.15) is 0 Å². The van der Waals surface area contributed by atoms with Gasteiger partial charge in [0, 0.05) is 0 Å². The molecule has 0 saturated carbocycles. The van der Waals surface area contributed by atoms with Crippen LogP contribution in [0.15, 0.2) is 0 Å². The average Bonchev–Trinajstić information content (AvgIpc) is 2.22. The molecule has 0 aliphatic carbocycles. The van der Waals surface area contributed by atoms with Gasteiger partial charge in [-0.3, -0.25) is 0 Å². The first-order valence-corrected chi connectivity index (χ1v) is 16.9. The number of hydrogen-bond donors (Lipinski definition) is 0. The Bertz CT molecular complexity index is 101. The first-order valence-electron chi connectivity index (χ1n) is 5.60. The third-order valence-electron chi connectivity index (χ3n) is 1.56. The topological polar surface area (TPSA) is 47.6 Å². The molecule has 0 unspecified atom stereocenters. The monoisotopic (exact) mass is 507 g/mol. The van der Waals surface area contributed by atoms with Crippen molar-refractivity contribution >= 4 is 37.7 Å². The minimum absolute atomic E-state index is 0.605. The van der Waals surface area contributed by atoms with Crippen molar-refractivity contribution in [3.05, 3.63) is 11.5 Å². The summed E-state index contributed by atoms with van der Waals surface area (Å²) in [7, 11) is 20.0. The molecule has 0 aliphatic heterocycles. The predicted octanol–water partition coefficient (Wildman–Crippen LogP) is 7.21. The van der Waals surface area contributed by atoms with Crippen LogP contribution in [0.4, 0.5) is 0 Å². The standard InChI is InChI=1S/2C5H12N.4ClH.Pt/c2*1-2-3-4-5-6;;;;;/h2*6H,2-5H2,1H3;4*1H;/q2*-1;;;;;+4/p-4. The molecule has 0 aromatic heterocycles. The number of rotatable bonds is 6. The summed E-state index contributed by atoms with van der Waals surface area (Å²) in [5.41, 5.74) is 13.4. The molecule has 17 heavy (non-hydrogen) atoms. The van der Waals surface area contributed by atoms with Crippen molar-refractivity contribution in [1.29, 1.82) is 0 Å². The fourth-order valence-corrected chi connectivity index (χ4v) is 0.750. The van der Waals surface area contributed by atoms with Crippen molar-refractivity contribution in [2.24, 2.45) is 0 Å². The molecule has 2 N–H and O–H groups in total. The van der Waals surface area contributed by atoms with E-state index in [4.69, 9.17) is 49.1 Å². The molecule has 2 nitrogen and oxygen atoms in total. The summed E-state index contributed by atoms with van der Waals surface area (Å²) < 4.78 is 0. The zero-order valence-corrected chi connectivity index (χ0v) is 15.8. The number of unbranched alkanes of at least 4 members (excludes halogenated alkanes) is 4. The van der Waals surface area contributed by atoms with Crippen LogP contribution in [0.3, 0.4) is 0 Å². The molecule has 114 valence electrons. The van der Waals surface area contributed by atoms with E-state index < -0.39 is 11.9 Å². The summed E-state index contributed by atoms with van der Waals surface area (Å²) in [5, 5.41) is 0. The van der Waals surface area contributed by atoms with Gasteiger partial charge in [0.15, 0.2) is 0 Å². The molecular formula is C10H24Cl4N2Pt-2. The Balaban J connectivity index is -0.000000174. The minimum atomic E-state index is -3.06.